The summed E-state index contributed by atoms with van der Waals surface area (Å²) in [6, 6.07) is 64.4. The standard InChI is InChI=1S/C54H36N2/c1-2-4-18-45(17-3-1)56-51-22-12-11-21-50(51)55-54(56)39-27-23-38(24-28-39)42-31-32-48-49(35-42)53(44-30-26-37-14-6-8-16-41(37)34-44)47-20-10-9-19-46(47)52(48)43-29-25-36-13-5-7-15-40(36)33-43/h1-3,5-35H,4H2. The molecule has 0 amide bonds. The van der Waals surface area contributed by atoms with Gasteiger partial charge in [-0.15, -0.1) is 0 Å². The van der Waals surface area contributed by atoms with E-state index in [1.165, 1.54) is 76.5 Å². The predicted molar refractivity (Wildman–Crippen MR) is 239 cm³/mol. The third kappa shape index (κ3) is 5.38. The Kier molecular flexibility index (Phi) is 7.60. The van der Waals surface area contributed by atoms with Gasteiger partial charge in [0, 0.05) is 11.3 Å². The quantitative estimate of drug-likeness (QED) is 0.162. The van der Waals surface area contributed by atoms with Gasteiger partial charge in [0.05, 0.1) is 11.0 Å². The fourth-order valence-corrected chi connectivity index (χ4v) is 8.70. The third-order valence-corrected chi connectivity index (χ3v) is 11.4. The summed E-state index contributed by atoms with van der Waals surface area (Å²) in [5.41, 5.74) is 11.6. The summed E-state index contributed by atoms with van der Waals surface area (Å²) in [5, 5.41) is 9.98. The van der Waals surface area contributed by atoms with Gasteiger partial charge in [-0.3, -0.25) is 4.57 Å². The summed E-state index contributed by atoms with van der Waals surface area (Å²) in [4.78, 5) is 5.15. The summed E-state index contributed by atoms with van der Waals surface area (Å²) in [7, 11) is 0. The zero-order valence-corrected chi connectivity index (χ0v) is 30.7. The SMILES string of the molecule is C1=CCC=C(n2c(-c3ccc(-c4ccc5c(-c6ccc7ccccc7c6)c6ccccc6c(-c6ccc7ccccc7c6)c5c4)cc3)nc3ccccc32)C=C1. The van der Waals surface area contributed by atoms with Crippen molar-refractivity contribution < 1.29 is 0 Å². The Hall–Kier alpha value is -7.29. The maximum Gasteiger partial charge on any atom is 0.145 e. The summed E-state index contributed by atoms with van der Waals surface area (Å²) in [5.74, 6) is 0.944. The van der Waals surface area contributed by atoms with Crippen LogP contribution in [0.25, 0.3) is 105 Å². The Morgan fingerprint density at radius 3 is 1.68 bits per heavy atom. The Morgan fingerprint density at radius 1 is 0.411 bits per heavy atom. The number of benzene rings is 9. The number of hydrogen-bond acceptors (Lipinski definition) is 1. The van der Waals surface area contributed by atoms with Crippen LogP contribution in [0.3, 0.4) is 0 Å². The van der Waals surface area contributed by atoms with Gasteiger partial charge < -0.3 is 0 Å². The van der Waals surface area contributed by atoms with E-state index in [2.05, 4.69) is 211 Å². The lowest BCUT2D eigenvalue weighted by Gasteiger charge is -2.19. The van der Waals surface area contributed by atoms with Crippen LogP contribution in [0.5, 0.6) is 0 Å². The van der Waals surface area contributed by atoms with E-state index in [0.717, 1.165) is 34.5 Å². The summed E-state index contributed by atoms with van der Waals surface area (Å²) in [6.45, 7) is 0. The van der Waals surface area contributed by atoms with Crippen molar-refractivity contribution in [2.45, 2.75) is 6.42 Å². The van der Waals surface area contributed by atoms with Crippen molar-refractivity contribution >= 4 is 59.8 Å². The molecule has 1 heterocycles. The van der Waals surface area contributed by atoms with E-state index in [1.54, 1.807) is 0 Å². The minimum absolute atomic E-state index is 0.883. The molecule has 0 unspecified atom stereocenters. The molecule has 2 heteroatoms. The molecule has 11 rings (SSSR count). The molecule has 10 aromatic rings. The van der Waals surface area contributed by atoms with Crippen LogP contribution in [-0.4, -0.2) is 9.55 Å². The molecule has 0 aliphatic heterocycles. The second-order valence-corrected chi connectivity index (χ2v) is 14.7. The van der Waals surface area contributed by atoms with Crippen LogP contribution >= 0.6 is 0 Å². The maximum absolute atomic E-state index is 5.15. The Morgan fingerprint density at radius 2 is 0.964 bits per heavy atom. The first-order chi connectivity index (χ1) is 27.8. The van der Waals surface area contributed by atoms with Gasteiger partial charge in [0.15, 0.2) is 0 Å². The largest absolute Gasteiger partial charge is 0.293 e. The van der Waals surface area contributed by atoms with E-state index in [9.17, 15) is 0 Å². The number of allylic oxidation sites excluding steroid dienone is 6. The molecular weight excluding hydrogens is 677 g/mol. The molecule has 0 saturated heterocycles. The maximum atomic E-state index is 5.15. The Balaban J connectivity index is 1.11. The third-order valence-electron chi connectivity index (χ3n) is 11.4. The molecule has 1 aliphatic carbocycles. The van der Waals surface area contributed by atoms with Gasteiger partial charge in [0.2, 0.25) is 0 Å². The molecule has 0 N–H and O–H groups in total. The molecule has 0 atom stereocenters. The second kappa shape index (κ2) is 13.2. The molecule has 9 aromatic carbocycles. The number of fused-ring (bicyclic) bond motifs is 5. The molecule has 1 aromatic heterocycles. The molecule has 0 bridgehead atoms. The van der Waals surface area contributed by atoms with E-state index in [4.69, 9.17) is 4.98 Å². The summed E-state index contributed by atoms with van der Waals surface area (Å²) < 4.78 is 2.29. The molecule has 0 spiro atoms. The van der Waals surface area contributed by atoms with Crippen LogP contribution < -0.4 is 0 Å². The van der Waals surface area contributed by atoms with Crippen LogP contribution in [0.2, 0.25) is 0 Å². The van der Waals surface area contributed by atoms with Gasteiger partial charge in [-0.05, 0) is 119 Å². The fourth-order valence-electron chi connectivity index (χ4n) is 8.70. The highest BCUT2D eigenvalue weighted by atomic mass is 15.1. The van der Waals surface area contributed by atoms with Gasteiger partial charge in [0.1, 0.15) is 5.82 Å². The number of para-hydroxylation sites is 2. The lowest BCUT2D eigenvalue weighted by atomic mass is 9.84. The van der Waals surface area contributed by atoms with Gasteiger partial charge in [-0.25, -0.2) is 4.98 Å². The van der Waals surface area contributed by atoms with Crippen LogP contribution in [0.4, 0.5) is 0 Å². The molecule has 1 aliphatic rings. The van der Waals surface area contributed by atoms with E-state index in [0.29, 0.717) is 0 Å². The van der Waals surface area contributed by atoms with Crippen molar-refractivity contribution in [1.82, 2.24) is 9.55 Å². The number of aromatic nitrogens is 2. The second-order valence-electron chi connectivity index (χ2n) is 14.7. The molecule has 56 heavy (non-hydrogen) atoms. The minimum atomic E-state index is 0.883. The van der Waals surface area contributed by atoms with Crippen molar-refractivity contribution in [1.29, 1.82) is 0 Å². The van der Waals surface area contributed by atoms with Crippen LogP contribution in [0.1, 0.15) is 6.42 Å². The van der Waals surface area contributed by atoms with Crippen molar-refractivity contribution in [2.75, 3.05) is 0 Å². The lowest BCUT2D eigenvalue weighted by molar-refractivity contribution is 1.14. The number of nitrogens with zero attached hydrogens (tertiary/aromatic N) is 2. The average molecular weight is 713 g/mol. The molecule has 262 valence electrons. The molecular formula is C54H36N2. The fraction of sp³-hybridized carbons (Fsp3) is 0.0185. The Labute approximate surface area is 325 Å². The van der Waals surface area contributed by atoms with Crippen molar-refractivity contribution in [3.05, 3.63) is 206 Å². The first kappa shape index (κ1) is 32.2. The average Bonchev–Trinajstić information content (AvgIpc) is 3.44. The van der Waals surface area contributed by atoms with E-state index in [1.807, 2.05) is 0 Å². The number of imidazole rings is 1. The van der Waals surface area contributed by atoms with Crippen LogP contribution in [-0.2, 0) is 0 Å². The van der Waals surface area contributed by atoms with Crippen molar-refractivity contribution in [2.24, 2.45) is 0 Å². The lowest BCUT2D eigenvalue weighted by Crippen LogP contribution is -1.98. The van der Waals surface area contributed by atoms with Gasteiger partial charge in [-0.1, -0.05) is 170 Å². The first-order valence-corrected chi connectivity index (χ1v) is 19.4. The number of rotatable bonds is 5. The highest BCUT2D eigenvalue weighted by molar-refractivity contribution is 6.22. The van der Waals surface area contributed by atoms with Gasteiger partial charge >= 0.3 is 0 Å². The summed E-state index contributed by atoms with van der Waals surface area (Å²) >= 11 is 0. The van der Waals surface area contributed by atoms with Crippen LogP contribution in [0, 0.1) is 0 Å². The molecule has 0 radical (unpaired) electrons. The minimum Gasteiger partial charge on any atom is -0.293 e. The van der Waals surface area contributed by atoms with E-state index >= 15 is 0 Å². The molecule has 0 fully saturated rings. The Bertz CT molecular complexity index is 3260. The first-order valence-electron chi connectivity index (χ1n) is 19.4. The van der Waals surface area contributed by atoms with Crippen molar-refractivity contribution in [3.8, 4) is 44.8 Å². The van der Waals surface area contributed by atoms with Gasteiger partial charge in [0.25, 0.3) is 0 Å². The van der Waals surface area contributed by atoms with Crippen molar-refractivity contribution in [3.63, 3.8) is 0 Å². The normalized spacial score (nSPS) is 12.9. The van der Waals surface area contributed by atoms with Crippen LogP contribution in [0.15, 0.2) is 206 Å². The monoisotopic (exact) mass is 712 g/mol. The summed E-state index contributed by atoms with van der Waals surface area (Å²) in [6.07, 6.45) is 11.7. The topological polar surface area (TPSA) is 17.8 Å². The smallest absolute Gasteiger partial charge is 0.145 e. The van der Waals surface area contributed by atoms with E-state index in [-0.39, 0.29) is 0 Å². The predicted octanol–water partition coefficient (Wildman–Crippen LogP) is 14.7. The highest BCUT2D eigenvalue weighted by Gasteiger charge is 2.19. The molecule has 2 nitrogen and oxygen atoms in total. The zero-order valence-electron chi connectivity index (χ0n) is 30.7. The number of hydrogen-bond donors (Lipinski definition) is 0. The zero-order chi connectivity index (χ0) is 37.0. The highest BCUT2D eigenvalue weighted by Crippen LogP contribution is 2.46. The van der Waals surface area contributed by atoms with E-state index < -0.39 is 0 Å². The van der Waals surface area contributed by atoms with Gasteiger partial charge in [-0.2, -0.15) is 0 Å². The molecule has 0 saturated carbocycles.